The van der Waals surface area contributed by atoms with E-state index in [1.165, 1.54) is 16.4 Å². The highest BCUT2D eigenvalue weighted by Gasteiger charge is 2.33. The zero-order valence-electron chi connectivity index (χ0n) is 19.4. The molecule has 3 aliphatic heterocycles. The van der Waals surface area contributed by atoms with Gasteiger partial charge in [-0.25, -0.2) is 8.42 Å². The number of ether oxygens (including phenoxy) is 2. The summed E-state index contributed by atoms with van der Waals surface area (Å²) in [7, 11) is -3.70. The highest BCUT2D eigenvalue weighted by Crippen LogP contribution is 2.34. The first-order valence-corrected chi connectivity index (χ1v) is 13.5. The summed E-state index contributed by atoms with van der Waals surface area (Å²) in [5.74, 6) is 0.483. The van der Waals surface area contributed by atoms with E-state index in [1.54, 1.807) is 30.3 Å². The van der Waals surface area contributed by atoms with Gasteiger partial charge in [-0.2, -0.15) is 4.31 Å². The first-order chi connectivity index (χ1) is 16.9. The lowest BCUT2D eigenvalue weighted by Gasteiger charge is -2.31. The van der Waals surface area contributed by atoms with Crippen LogP contribution in [-0.4, -0.2) is 68.8 Å². The number of hydrogen-bond donors (Lipinski definition) is 1. The Morgan fingerprint density at radius 2 is 1.60 bits per heavy atom. The molecule has 2 amide bonds. The van der Waals surface area contributed by atoms with Gasteiger partial charge < -0.3 is 19.7 Å². The molecule has 35 heavy (non-hydrogen) atoms. The minimum Gasteiger partial charge on any atom is -0.486 e. The molecule has 0 unspecified atom stereocenters. The highest BCUT2D eigenvalue weighted by molar-refractivity contribution is 7.89. The Kier molecular flexibility index (Phi) is 6.66. The summed E-state index contributed by atoms with van der Waals surface area (Å²) in [6.07, 6.45) is 2.88. The van der Waals surface area contributed by atoms with Crippen molar-refractivity contribution in [2.75, 3.05) is 44.7 Å². The van der Waals surface area contributed by atoms with Gasteiger partial charge in [0.25, 0.3) is 5.91 Å². The Balaban J connectivity index is 1.19. The van der Waals surface area contributed by atoms with Crippen LogP contribution in [0.3, 0.4) is 0 Å². The second kappa shape index (κ2) is 9.87. The smallest absolute Gasteiger partial charge is 0.253 e. The van der Waals surface area contributed by atoms with Gasteiger partial charge in [-0.15, -0.1) is 0 Å². The number of anilines is 1. The van der Waals surface area contributed by atoms with E-state index in [-0.39, 0.29) is 35.7 Å². The maximum absolute atomic E-state index is 13.1. The second-order valence-corrected chi connectivity index (χ2v) is 11.0. The lowest BCUT2D eigenvalue weighted by atomic mass is 9.97. The Hall–Kier alpha value is -3.11. The maximum Gasteiger partial charge on any atom is 0.253 e. The molecule has 0 radical (unpaired) electrons. The molecule has 0 spiro atoms. The van der Waals surface area contributed by atoms with Crippen molar-refractivity contribution in [2.24, 2.45) is 5.92 Å². The Morgan fingerprint density at radius 3 is 2.34 bits per heavy atom. The van der Waals surface area contributed by atoms with Gasteiger partial charge in [0.2, 0.25) is 15.9 Å². The van der Waals surface area contributed by atoms with E-state index in [2.05, 4.69) is 5.32 Å². The van der Waals surface area contributed by atoms with Crippen LogP contribution in [0.25, 0.3) is 0 Å². The molecule has 1 N–H and O–H groups in total. The topological polar surface area (TPSA) is 105 Å². The lowest BCUT2D eigenvalue weighted by Crippen LogP contribution is -2.41. The molecule has 5 rings (SSSR count). The van der Waals surface area contributed by atoms with Crippen molar-refractivity contribution in [2.45, 2.75) is 30.6 Å². The minimum absolute atomic E-state index is 0.0174. The van der Waals surface area contributed by atoms with Gasteiger partial charge in [-0.05, 0) is 56.0 Å². The van der Waals surface area contributed by atoms with Crippen LogP contribution in [0, 0.1) is 5.92 Å². The summed E-state index contributed by atoms with van der Waals surface area (Å²) in [5, 5.41) is 2.91. The van der Waals surface area contributed by atoms with E-state index in [4.69, 9.17) is 9.47 Å². The zero-order chi connectivity index (χ0) is 24.4. The Bertz CT molecular complexity index is 1220. The SMILES string of the molecule is O=C(Nc1cccc(C(=O)N2CCCC2)c1)C1CCN(S(=O)(=O)c2ccc3c(c2)OCCO3)CC1. The largest absolute Gasteiger partial charge is 0.486 e. The molecule has 2 fully saturated rings. The van der Waals surface area contributed by atoms with E-state index < -0.39 is 10.0 Å². The fourth-order valence-electron chi connectivity index (χ4n) is 4.77. The lowest BCUT2D eigenvalue weighted by molar-refractivity contribution is -0.120. The number of rotatable bonds is 5. The summed E-state index contributed by atoms with van der Waals surface area (Å²) >= 11 is 0. The summed E-state index contributed by atoms with van der Waals surface area (Å²) in [6, 6.07) is 11.6. The van der Waals surface area contributed by atoms with Gasteiger partial charge in [0.15, 0.2) is 11.5 Å². The van der Waals surface area contributed by atoms with Gasteiger partial charge in [0, 0.05) is 49.4 Å². The quantitative estimate of drug-likeness (QED) is 0.678. The molecule has 10 heteroatoms. The van der Waals surface area contributed by atoms with Crippen molar-refractivity contribution in [3.05, 3.63) is 48.0 Å². The van der Waals surface area contributed by atoms with Crippen molar-refractivity contribution in [1.29, 1.82) is 0 Å². The zero-order valence-corrected chi connectivity index (χ0v) is 20.3. The molecule has 0 aliphatic carbocycles. The number of piperidine rings is 1. The molecule has 0 atom stereocenters. The van der Waals surface area contributed by atoms with E-state index >= 15 is 0 Å². The maximum atomic E-state index is 13.1. The monoisotopic (exact) mass is 499 g/mol. The van der Waals surface area contributed by atoms with E-state index in [1.807, 2.05) is 4.90 Å². The molecule has 186 valence electrons. The fraction of sp³-hybridized carbons (Fsp3) is 0.440. The van der Waals surface area contributed by atoms with Gasteiger partial charge in [0.1, 0.15) is 13.2 Å². The fourth-order valence-corrected chi connectivity index (χ4v) is 6.25. The third-order valence-corrected chi connectivity index (χ3v) is 8.64. The van der Waals surface area contributed by atoms with E-state index in [9.17, 15) is 18.0 Å². The average Bonchev–Trinajstić information content (AvgIpc) is 3.43. The number of carbonyl (C=O) groups excluding carboxylic acids is 2. The molecule has 0 aromatic heterocycles. The second-order valence-electron chi connectivity index (χ2n) is 9.05. The Morgan fingerprint density at radius 1 is 0.886 bits per heavy atom. The molecule has 2 saturated heterocycles. The van der Waals surface area contributed by atoms with Crippen LogP contribution in [0.4, 0.5) is 5.69 Å². The van der Waals surface area contributed by atoms with Crippen molar-refractivity contribution >= 4 is 27.5 Å². The minimum atomic E-state index is -3.70. The number of amides is 2. The standard InChI is InChI=1S/C25H29N3O6S/c29-24(26-20-5-3-4-19(16-20)25(30)27-10-1-2-11-27)18-8-12-28(13-9-18)35(31,32)21-6-7-22-23(17-21)34-15-14-33-22/h3-7,16-18H,1-2,8-15H2,(H,26,29). The van der Waals surface area contributed by atoms with E-state index in [0.717, 1.165) is 25.9 Å². The molecule has 2 aromatic carbocycles. The summed E-state index contributed by atoms with van der Waals surface area (Å²) in [4.78, 5) is 27.5. The van der Waals surface area contributed by atoms with Crippen LogP contribution in [-0.2, 0) is 14.8 Å². The first kappa shape index (κ1) is 23.6. The average molecular weight is 500 g/mol. The number of carbonyl (C=O) groups is 2. The number of benzene rings is 2. The van der Waals surface area contributed by atoms with Crippen LogP contribution in [0.1, 0.15) is 36.0 Å². The number of fused-ring (bicyclic) bond motifs is 1. The van der Waals surface area contributed by atoms with Crippen LogP contribution >= 0.6 is 0 Å². The van der Waals surface area contributed by atoms with Crippen molar-refractivity contribution in [1.82, 2.24) is 9.21 Å². The van der Waals surface area contributed by atoms with Gasteiger partial charge >= 0.3 is 0 Å². The van der Waals surface area contributed by atoms with Gasteiger partial charge in [0.05, 0.1) is 4.90 Å². The number of sulfonamides is 1. The van der Waals surface area contributed by atoms with Crippen molar-refractivity contribution in [3.63, 3.8) is 0 Å². The van der Waals surface area contributed by atoms with E-state index in [0.29, 0.717) is 48.8 Å². The molecular weight excluding hydrogens is 470 g/mol. The number of hydrogen-bond acceptors (Lipinski definition) is 6. The molecule has 2 aromatic rings. The predicted octanol–water partition coefficient (Wildman–Crippen LogP) is 2.73. The van der Waals surface area contributed by atoms with Crippen LogP contribution in [0.15, 0.2) is 47.4 Å². The molecule has 3 heterocycles. The van der Waals surface area contributed by atoms with Crippen LogP contribution in [0.5, 0.6) is 11.5 Å². The number of nitrogens with one attached hydrogen (secondary N) is 1. The van der Waals surface area contributed by atoms with Gasteiger partial charge in [-0.1, -0.05) is 6.07 Å². The molecule has 0 bridgehead atoms. The summed E-state index contributed by atoms with van der Waals surface area (Å²) in [5.41, 5.74) is 1.14. The molecule has 0 saturated carbocycles. The van der Waals surface area contributed by atoms with Crippen molar-refractivity contribution < 1.29 is 27.5 Å². The highest BCUT2D eigenvalue weighted by atomic mass is 32.2. The summed E-state index contributed by atoms with van der Waals surface area (Å²) in [6.45, 7) is 2.86. The first-order valence-electron chi connectivity index (χ1n) is 12.0. The third-order valence-electron chi connectivity index (χ3n) is 6.75. The molecule has 9 nitrogen and oxygen atoms in total. The van der Waals surface area contributed by atoms with Gasteiger partial charge in [-0.3, -0.25) is 9.59 Å². The predicted molar refractivity (Wildman–Crippen MR) is 129 cm³/mol. The normalized spacial score (nSPS) is 18.9. The Labute approximate surface area is 205 Å². The van der Waals surface area contributed by atoms with Crippen LogP contribution in [0.2, 0.25) is 0 Å². The van der Waals surface area contributed by atoms with Crippen LogP contribution < -0.4 is 14.8 Å². The third kappa shape index (κ3) is 4.99. The molecule has 3 aliphatic rings. The summed E-state index contributed by atoms with van der Waals surface area (Å²) < 4.78 is 38.7. The van der Waals surface area contributed by atoms with Crippen molar-refractivity contribution in [3.8, 4) is 11.5 Å². The number of likely N-dealkylation sites (tertiary alicyclic amines) is 1. The molecular formula is C25H29N3O6S. The number of nitrogens with zero attached hydrogens (tertiary/aromatic N) is 2.